The predicted octanol–water partition coefficient (Wildman–Crippen LogP) is -0.852. The van der Waals surface area contributed by atoms with Gasteiger partial charge in [-0.05, 0) is 19.8 Å². The molecule has 3 N–H and O–H groups in total. The number of piperidine rings is 1. The zero-order valence-corrected chi connectivity index (χ0v) is 12.0. The number of hydrogen-bond donors (Lipinski definition) is 2. The SMILES string of the molecule is CC1CCC(C(N)=O)CN1C(=O)c1cn(C2CNC2)nn1. The summed E-state index contributed by atoms with van der Waals surface area (Å²) in [6.45, 7) is 4.05. The second kappa shape index (κ2) is 5.44. The Balaban J connectivity index is 1.73. The molecule has 2 atom stereocenters. The highest BCUT2D eigenvalue weighted by atomic mass is 16.2. The van der Waals surface area contributed by atoms with Gasteiger partial charge in [0.25, 0.3) is 5.91 Å². The molecule has 8 nitrogen and oxygen atoms in total. The van der Waals surface area contributed by atoms with Crippen LogP contribution in [-0.2, 0) is 4.79 Å². The first-order chi connectivity index (χ1) is 10.1. The van der Waals surface area contributed by atoms with Crippen molar-refractivity contribution in [1.29, 1.82) is 0 Å². The minimum Gasteiger partial charge on any atom is -0.369 e. The summed E-state index contributed by atoms with van der Waals surface area (Å²) in [7, 11) is 0. The lowest BCUT2D eigenvalue weighted by atomic mass is 9.92. The number of nitrogens with one attached hydrogen (secondary N) is 1. The van der Waals surface area contributed by atoms with Gasteiger partial charge < -0.3 is 16.0 Å². The fourth-order valence-electron chi connectivity index (χ4n) is 2.78. The van der Waals surface area contributed by atoms with Gasteiger partial charge in [0.1, 0.15) is 0 Å². The molecule has 2 unspecified atom stereocenters. The molecular weight excluding hydrogens is 272 g/mol. The van der Waals surface area contributed by atoms with E-state index in [1.165, 1.54) is 0 Å². The fourth-order valence-corrected chi connectivity index (χ4v) is 2.78. The van der Waals surface area contributed by atoms with E-state index in [-0.39, 0.29) is 29.8 Å². The molecule has 0 bridgehead atoms. The third-order valence-corrected chi connectivity index (χ3v) is 4.41. The zero-order valence-electron chi connectivity index (χ0n) is 12.0. The van der Waals surface area contributed by atoms with Gasteiger partial charge in [0.15, 0.2) is 5.69 Å². The Morgan fingerprint density at radius 2 is 2.14 bits per heavy atom. The van der Waals surface area contributed by atoms with Crippen molar-refractivity contribution in [2.24, 2.45) is 11.7 Å². The van der Waals surface area contributed by atoms with Crippen molar-refractivity contribution in [3.63, 3.8) is 0 Å². The Morgan fingerprint density at radius 3 is 2.76 bits per heavy atom. The largest absolute Gasteiger partial charge is 0.369 e. The van der Waals surface area contributed by atoms with Crippen LogP contribution in [-0.4, -0.2) is 57.4 Å². The van der Waals surface area contributed by atoms with Gasteiger partial charge in [0.2, 0.25) is 5.91 Å². The summed E-state index contributed by atoms with van der Waals surface area (Å²) < 4.78 is 1.73. The lowest BCUT2D eigenvalue weighted by Gasteiger charge is -2.36. The van der Waals surface area contributed by atoms with Gasteiger partial charge in [-0.15, -0.1) is 5.10 Å². The molecule has 3 rings (SSSR count). The molecule has 2 amide bonds. The summed E-state index contributed by atoms with van der Waals surface area (Å²) in [6, 6.07) is 0.361. The Bertz CT molecular complexity index is 553. The van der Waals surface area contributed by atoms with E-state index >= 15 is 0 Å². The number of amides is 2. The number of likely N-dealkylation sites (tertiary alicyclic amines) is 1. The van der Waals surface area contributed by atoms with Crippen LogP contribution in [0.4, 0.5) is 0 Å². The number of carbonyl (C=O) groups excluding carboxylic acids is 2. The third kappa shape index (κ3) is 2.63. The molecule has 2 aliphatic heterocycles. The number of nitrogens with two attached hydrogens (primary N) is 1. The summed E-state index contributed by atoms with van der Waals surface area (Å²) in [4.78, 5) is 25.6. The molecule has 1 aromatic heterocycles. The first kappa shape index (κ1) is 14.0. The average Bonchev–Trinajstić information content (AvgIpc) is 2.85. The van der Waals surface area contributed by atoms with Crippen molar-refractivity contribution in [2.45, 2.75) is 31.8 Å². The molecule has 0 aliphatic carbocycles. The monoisotopic (exact) mass is 292 g/mol. The fraction of sp³-hybridized carbons (Fsp3) is 0.692. The second-order valence-corrected chi connectivity index (χ2v) is 5.88. The van der Waals surface area contributed by atoms with Crippen LogP contribution in [0.15, 0.2) is 6.20 Å². The molecule has 2 saturated heterocycles. The maximum Gasteiger partial charge on any atom is 0.276 e. The molecule has 0 radical (unpaired) electrons. The predicted molar refractivity (Wildman–Crippen MR) is 74.3 cm³/mol. The molecule has 0 spiro atoms. The van der Waals surface area contributed by atoms with Gasteiger partial charge >= 0.3 is 0 Å². The minimum atomic E-state index is -0.344. The number of aromatic nitrogens is 3. The summed E-state index contributed by atoms with van der Waals surface area (Å²) in [5, 5.41) is 11.1. The van der Waals surface area contributed by atoms with Crippen LogP contribution >= 0.6 is 0 Å². The van der Waals surface area contributed by atoms with Crippen LogP contribution in [0.2, 0.25) is 0 Å². The highest BCUT2D eigenvalue weighted by molar-refractivity contribution is 5.92. The molecule has 0 saturated carbocycles. The first-order valence-corrected chi connectivity index (χ1v) is 7.29. The Morgan fingerprint density at radius 1 is 1.38 bits per heavy atom. The molecule has 3 heterocycles. The number of rotatable bonds is 3. The molecule has 2 aliphatic rings. The molecule has 114 valence electrons. The lowest BCUT2D eigenvalue weighted by molar-refractivity contribution is -0.123. The van der Waals surface area contributed by atoms with Crippen LogP contribution in [0.25, 0.3) is 0 Å². The Hall–Kier alpha value is -1.96. The topological polar surface area (TPSA) is 106 Å². The summed E-state index contributed by atoms with van der Waals surface area (Å²) in [5.74, 6) is -0.785. The number of carbonyl (C=O) groups is 2. The zero-order chi connectivity index (χ0) is 15.0. The van der Waals surface area contributed by atoms with Crippen molar-refractivity contribution in [3.8, 4) is 0 Å². The second-order valence-electron chi connectivity index (χ2n) is 5.88. The van der Waals surface area contributed by atoms with E-state index in [1.54, 1.807) is 15.8 Å². The summed E-state index contributed by atoms with van der Waals surface area (Å²) in [6.07, 6.45) is 3.20. The third-order valence-electron chi connectivity index (χ3n) is 4.41. The smallest absolute Gasteiger partial charge is 0.276 e. The van der Waals surface area contributed by atoms with Crippen LogP contribution in [0.3, 0.4) is 0 Å². The van der Waals surface area contributed by atoms with Crippen LogP contribution in [0.1, 0.15) is 36.3 Å². The van der Waals surface area contributed by atoms with E-state index in [1.807, 2.05) is 6.92 Å². The van der Waals surface area contributed by atoms with E-state index in [0.717, 1.165) is 25.9 Å². The summed E-state index contributed by atoms with van der Waals surface area (Å²) in [5.41, 5.74) is 5.70. The number of hydrogen-bond acceptors (Lipinski definition) is 5. The molecular formula is C13H20N6O2. The van der Waals surface area contributed by atoms with E-state index in [0.29, 0.717) is 12.2 Å². The lowest BCUT2D eigenvalue weighted by Crippen LogP contribution is -2.48. The Labute approximate surface area is 122 Å². The summed E-state index contributed by atoms with van der Waals surface area (Å²) >= 11 is 0. The van der Waals surface area contributed by atoms with Gasteiger partial charge in [0, 0.05) is 25.7 Å². The van der Waals surface area contributed by atoms with Gasteiger partial charge in [0.05, 0.1) is 18.2 Å². The quantitative estimate of drug-likeness (QED) is 0.754. The Kier molecular flexibility index (Phi) is 3.62. The van der Waals surface area contributed by atoms with Gasteiger partial charge in [-0.1, -0.05) is 5.21 Å². The van der Waals surface area contributed by atoms with E-state index in [2.05, 4.69) is 15.6 Å². The molecule has 8 heteroatoms. The van der Waals surface area contributed by atoms with E-state index < -0.39 is 0 Å². The molecule has 0 aromatic carbocycles. The minimum absolute atomic E-state index is 0.0867. The van der Waals surface area contributed by atoms with Crippen molar-refractivity contribution in [3.05, 3.63) is 11.9 Å². The number of nitrogens with zero attached hydrogens (tertiary/aromatic N) is 4. The molecule has 2 fully saturated rings. The first-order valence-electron chi connectivity index (χ1n) is 7.29. The van der Waals surface area contributed by atoms with Gasteiger partial charge in [-0.25, -0.2) is 4.68 Å². The van der Waals surface area contributed by atoms with Crippen LogP contribution < -0.4 is 11.1 Å². The van der Waals surface area contributed by atoms with Crippen LogP contribution in [0.5, 0.6) is 0 Å². The maximum absolute atomic E-state index is 12.6. The highest BCUT2D eigenvalue weighted by Gasteiger charge is 2.33. The maximum atomic E-state index is 12.6. The van der Waals surface area contributed by atoms with Crippen molar-refractivity contribution in [2.75, 3.05) is 19.6 Å². The molecule has 21 heavy (non-hydrogen) atoms. The molecule has 1 aromatic rings. The van der Waals surface area contributed by atoms with Crippen molar-refractivity contribution >= 4 is 11.8 Å². The van der Waals surface area contributed by atoms with Crippen molar-refractivity contribution < 1.29 is 9.59 Å². The highest BCUT2D eigenvalue weighted by Crippen LogP contribution is 2.23. The van der Waals surface area contributed by atoms with E-state index in [9.17, 15) is 9.59 Å². The normalized spacial score (nSPS) is 26.4. The average molecular weight is 292 g/mol. The standard InChI is InChI=1S/C13H20N6O2/c1-8-2-3-9(12(14)20)6-18(8)13(21)11-7-19(17-16-11)10-4-15-5-10/h7-10,15H,2-6H2,1H3,(H2,14,20). The van der Waals surface area contributed by atoms with Crippen LogP contribution in [0, 0.1) is 5.92 Å². The van der Waals surface area contributed by atoms with E-state index in [4.69, 9.17) is 5.73 Å². The van der Waals surface area contributed by atoms with Crippen molar-refractivity contribution in [1.82, 2.24) is 25.2 Å². The van der Waals surface area contributed by atoms with Gasteiger partial charge in [-0.2, -0.15) is 0 Å². The van der Waals surface area contributed by atoms with Gasteiger partial charge in [-0.3, -0.25) is 9.59 Å². The number of primary amides is 1.